The van der Waals surface area contributed by atoms with Gasteiger partial charge in [-0.05, 0) is 42.3 Å². The van der Waals surface area contributed by atoms with Crippen LogP contribution in [0, 0.1) is 0 Å². The zero-order valence-corrected chi connectivity index (χ0v) is 25.3. The van der Waals surface area contributed by atoms with Crippen molar-refractivity contribution in [2.24, 2.45) is 0 Å². The van der Waals surface area contributed by atoms with Gasteiger partial charge < -0.3 is 10.2 Å². The van der Waals surface area contributed by atoms with Gasteiger partial charge in [-0.1, -0.05) is 108 Å². The molecule has 4 rings (SSSR count). The molecule has 2 amide bonds. The van der Waals surface area contributed by atoms with E-state index in [-0.39, 0.29) is 39.5 Å². The lowest BCUT2D eigenvalue weighted by molar-refractivity contribution is -0.140. The number of likely N-dealkylation sites (N-methyl/N-ethyl adjacent to an activating group) is 1. The van der Waals surface area contributed by atoms with Gasteiger partial charge >= 0.3 is 0 Å². The predicted octanol–water partition coefficient (Wildman–Crippen LogP) is 5.96. The highest BCUT2D eigenvalue weighted by Crippen LogP contribution is 2.35. The highest BCUT2D eigenvalue weighted by atomic mass is 35.5. The normalized spacial score (nSPS) is 11.9. The number of carbonyl (C=O) groups excluding carboxylic acids is 2. The molecule has 0 heterocycles. The summed E-state index contributed by atoms with van der Waals surface area (Å²) in [4.78, 5) is 29.2. The number of hydrogen-bond donors (Lipinski definition) is 1. The third-order valence-electron chi connectivity index (χ3n) is 6.63. The maximum atomic E-state index is 14.3. The van der Waals surface area contributed by atoms with Crippen molar-refractivity contribution in [3.05, 3.63) is 130 Å². The van der Waals surface area contributed by atoms with Crippen molar-refractivity contribution in [2.45, 2.75) is 30.8 Å². The lowest BCUT2D eigenvalue weighted by Gasteiger charge is -2.34. The number of benzene rings is 4. The van der Waals surface area contributed by atoms with Crippen LogP contribution in [0.25, 0.3) is 0 Å². The average Bonchev–Trinajstić information content (AvgIpc) is 3.00. The monoisotopic (exact) mass is 623 g/mol. The van der Waals surface area contributed by atoms with E-state index >= 15 is 0 Å². The summed E-state index contributed by atoms with van der Waals surface area (Å²) >= 11 is 12.8. The molecule has 0 aliphatic carbocycles. The summed E-state index contributed by atoms with van der Waals surface area (Å²) in [5, 5.41) is 2.97. The highest BCUT2D eigenvalue weighted by Gasteiger charge is 2.35. The van der Waals surface area contributed by atoms with Crippen molar-refractivity contribution in [3.8, 4) is 0 Å². The maximum Gasteiger partial charge on any atom is 0.264 e. The van der Waals surface area contributed by atoms with Gasteiger partial charge in [0.15, 0.2) is 0 Å². The van der Waals surface area contributed by atoms with E-state index in [1.807, 2.05) is 60.7 Å². The van der Waals surface area contributed by atoms with E-state index in [0.29, 0.717) is 6.54 Å². The van der Waals surface area contributed by atoms with Crippen molar-refractivity contribution >= 4 is 50.7 Å². The smallest absolute Gasteiger partial charge is 0.264 e. The van der Waals surface area contributed by atoms with Crippen LogP contribution < -0.4 is 9.62 Å². The molecular weight excluding hydrogens is 593 g/mol. The molecule has 0 unspecified atom stereocenters. The van der Waals surface area contributed by atoms with E-state index in [2.05, 4.69) is 5.32 Å². The maximum absolute atomic E-state index is 14.3. The van der Waals surface area contributed by atoms with Gasteiger partial charge in [-0.2, -0.15) is 0 Å². The molecule has 1 N–H and O–H groups in total. The van der Waals surface area contributed by atoms with Crippen LogP contribution in [0.4, 0.5) is 5.69 Å². The summed E-state index contributed by atoms with van der Waals surface area (Å²) < 4.78 is 28.9. The van der Waals surface area contributed by atoms with Crippen molar-refractivity contribution in [3.63, 3.8) is 0 Å². The number of hydrogen-bond acceptors (Lipinski definition) is 4. The van der Waals surface area contributed by atoms with Crippen molar-refractivity contribution in [1.29, 1.82) is 0 Å². The van der Waals surface area contributed by atoms with Crippen LogP contribution in [0.3, 0.4) is 0 Å². The van der Waals surface area contributed by atoms with Gasteiger partial charge in [0.2, 0.25) is 11.8 Å². The fraction of sp³-hybridized carbons (Fsp3) is 0.188. The van der Waals surface area contributed by atoms with Crippen molar-refractivity contribution in [1.82, 2.24) is 10.2 Å². The Morgan fingerprint density at radius 1 is 0.786 bits per heavy atom. The molecule has 0 aliphatic rings. The fourth-order valence-corrected chi connectivity index (χ4v) is 6.44. The quantitative estimate of drug-likeness (QED) is 0.211. The summed E-state index contributed by atoms with van der Waals surface area (Å²) in [6, 6.07) is 30.1. The highest BCUT2D eigenvalue weighted by molar-refractivity contribution is 7.92. The summed E-state index contributed by atoms with van der Waals surface area (Å²) in [5.74, 6) is -0.925. The fourth-order valence-electron chi connectivity index (χ4n) is 4.54. The summed E-state index contributed by atoms with van der Waals surface area (Å²) in [5.41, 5.74) is 1.69. The number of nitrogens with zero attached hydrogens (tertiary/aromatic N) is 2. The molecule has 218 valence electrons. The largest absolute Gasteiger partial charge is 0.355 e. The van der Waals surface area contributed by atoms with E-state index in [1.165, 1.54) is 29.2 Å². The van der Waals surface area contributed by atoms with Gasteiger partial charge in [-0.25, -0.2) is 8.42 Å². The van der Waals surface area contributed by atoms with Crippen molar-refractivity contribution < 1.29 is 18.0 Å². The Labute approximate surface area is 256 Å². The molecule has 0 bridgehead atoms. The molecule has 7 nitrogen and oxygen atoms in total. The first-order valence-electron chi connectivity index (χ1n) is 13.4. The van der Waals surface area contributed by atoms with Gasteiger partial charge in [-0.3, -0.25) is 13.9 Å². The zero-order chi connectivity index (χ0) is 30.1. The van der Waals surface area contributed by atoms with E-state index in [0.717, 1.165) is 15.4 Å². The number of carbonyl (C=O) groups is 2. The van der Waals surface area contributed by atoms with Crippen molar-refractivity contribution in [2.75, 3.05) is 17.4 Å². The van der Waals surface area contributed by atoms with E-state index in [1.54, 1.807) is 31.2 Å². The molecular formula is C32H31Cl2N3O4S. The first-order valence-corrected chi connectivity index (χ1v) is 15.6. The molecule has 0 saturated carbocycles. The lowest BCUT2D eigenvalue weighted by atomic mass is 10.0. The second-order valence-corrected chi connectivity index (χ2v) is 12.2. The Hall–Kier alpha value is -3.85. The third kappa shape index (κ3) is 7.50. The van der Waals surface area contributed by atoms with Gasteiger partial charge in [0.1, 0.15) is 12.6 Å². The second kappa shape index (κ2) is 14.4. The topological polar surface area (TPSA) is 86.8 Å². The Kier molecular flexibility index (Phi) is 10.6. The summed E-state index contributed by atoms with van der Waals surface area (Å²) in [6.45, 7) is 1.63. The predicted molar refractivity (Wildman–Crippen MR) is 167 cm³/mol. The molecule has 0 aromatic heterocycles. The number of anilines is 1. The van der Waals surface area contributed by atoms with Crippen LogP contribution in [-0.4, -0.2) is 44.3 Å². The Bertz CT molecular complexity index is 1610. The van der Waals surface area contributed by atoms with Crippen LogP contribution in [0.1, 0.15) is 18.1 Å². The number of rotatable bonds is 12. The van der Waals surface area contributed by atoms with E-state index in [9.17, 15) is 18.0 Å². The molecule has 0 spiro atoms. The first kappa shape index (κ1) is 31.1. The lowest BCUT2D eigenvalue weighted by Crippen LogP contribution is -2.53. The second-order valence-electron chi connectivity index (χ2n) is 9.51. The van der Waals surface area contributed by atoms with Gasteiger partial charge in [0.25, 0.3) is 10.0 Å². The Balaban J connectivity index is 1.81. The summed E-state index contributed by atoms with van der Waals surface area (Å²) in [6.07, 6.45) is 0.231. The molecule has 0 aliphatic heterocycles. The standard InChI is InChI=1S/C32H31Cl2N3O4S/c1-2-35-32(39)29(21-24-13-6-3-7-14-24)36(22-25-15-8-4-9-16-25)30(38)23-37(28-20-12-19-27(33)31(28)34)42(40,41)26-17-10-5-11-18-26/h3-20,29H,2,21-23H2,1H3,(H,35,39)/t29-/m1/s1. The minimum atomic E-state index is -4.27. The molecule has 4 aromatic carbocycles. The van der Waals surface area contributed by atoms with Gasteiger partial charge in [-0.15, -0.1) is 0 Å². The molecule has 42 heavy (non-hydrogen) atoms. The van der Waals surface area contributed by atoms with Gasteiger partial charge in [0.05, 0.1) is 20.6 Å². The van der Waals surface area contributed by atoms with Crippen LogP contribution >= 0.6 is 23.2 Å². The molecule has 10 heteroatoms. The van der Waals surface area contributed by atoms with E-state index < -0.39 is 28.5 Å². The van der Waals surface area contributed by atoms with Crippen LogP contribution in [0.15, 0.2) is 114 Å². The molecule has 4 aromatic rings. The van der Waals surface area contributed by atoms with Crippen LogP contribution in [0.5, 0.6) is 0 Å². The molecule has 0 saturated heterocycles. The van der Waals surface area contributed by atoms with Crippen LogP contribution in [-0.2, 0) is 32.6 Å². The number of nitrogens with one attached hydrogen (secondary N) is 1. The van der Waals surface area contributed by atoms with Gasteiger partial charge in [0, 0.05) is 19.5 Å². The summed E-state index contributed by atoms with van der Waals surface area (Å²) in [7, 11) is -4.27. The van der Waals surface area contributed by atoms with Crippen LogP contribution in [0.2, 0.25) is 10.0 Å². The molecule has 1 atom stereocenters. The first-order chi connectivity index (χ1) is 20.2. The minimum Gasteiger partial charge on any atom is -0.355 e. The SMILES string of the molecule is CCNC(=O)[C@@H](Cc1ccccc1)N(Cc1ccccc1)C(=O)CN(c1cccc(Cl)c1Cl)S(=O)(=O)c1ccccc1. The minimum absolute atomic E-state index is 0.00866. The molecule has 0 fully saturated rings. The Morgan fingerprint density at radius 3 is 1.95 bits per heavy atom. The number of amides is 2. The zero-order valence-electron chi connectivity index (χ0n) is 23.0. The Morgan fingerprint density at radius 2 is 1.36 bits per heavy atom. The molecule has 0 radical (unpaired) electrons. The average molecular weight is 625 g/mol. The number of halogens is 2. The third-order valence-corrected chi connectivity index (χ3v) is 9.21. The number of sulfonamides is 1. The van der Waals surface area contributed by atoms with E-state index in [4.69, 9.17) is 23.2 Å².